The highest BCUT2D eigenvalue weighted by Gasteiger charge is 2.31. The molecule has 0 saturated carbocycles. The van der Waals surface area contributed by atoms with E-state index in [1.165, 1.54) is 17.8 Å². The molecule has 0 aromatic heterocycles. The summed E-state index contributed by atoms with van der Waals surface area (Å²) in [5.74, 6) is 0. The van der Waals surface area contributed by atoms with Crippen molar-refractivity contribution in [3.05, 3.63) is 29.3 Å². The van der Waals surface area contributed by atoms with Crippen LogP contribution in [0.1, 0.15) is 25.0 Å². The van der Waals surface area contributed by atoms with Crippen molar-refractivity contribution < 1.29 is 18.3 Å². The molecule has 1 N–H and O–H groups in total. The molecule has 0 heterocycles. The summed E-state index contributed by atoms with van der Waals surface area (Å²) in [7, 11) is 0. The van der Waals surface area contributed by atoms with Crippen LogP contribution in [0.4, 0.5) is 13.2 Å². The molecule has 0 radical (unpaired) electrons. The van der Waals surface area contributed by atoms with Crippen molar-refractivity contribution in [2.24, 2.45) is 0 Å². The molecule has 1 aromatic carbocycles. The number of rotatable bonds is 3. The van der Waals surface area contributed by atoms with Crippen LogP contribution < -0.4 is 0 Å². The van der Waals surface area contributed by atoms with Gasteiger partial charge in [-0.15, -0.1) is 11.8 Å². The topological polar surface area (TPSA) is 44.0 Å². The summed E-state index contributed by atoms with van der Waals surface area (Å²) in [6.45, 7) is 3.34. The molecule has 18 heavy (non-hydrogen) atoms. The normalized spacial score (nSPS) is 14.9. The summed E-state index contributed by atoms with van der Waals surface area (Å²) in [5.41, 5.74) is -0.865. The number of nitrogens with zero attached hydrogens (tertiary/aromatic N) is 1. The Morgan fingerprint density at radius 2 is 1.94 bits per heavy atom. The van der Waals surface area contributed by atoms with E-state index in [0.717, 1.165) is 12.1 Å². The second-order valence-corrected chi connectivity index (χ2v) is 5.30. The number of thioether (sulfide) groups is 1. The van der Waals surface area contributed by atoms with Crippen molar-refractivity contribution in [1.29, 1.82) is 5.26 Å². The fraction of sp³-hybridized carbons (Fsp3) is 0.417. The van der Waals surface area contributed by atoms with Crippen molar-refractivity contribution >= 4 is 11.8 Å². The summed E-state index contributed by atoms with van der Waals surface area (Å²) in [5, 5.41) is 18.0. The number of nitriles is 1. The van der Waals surface area contributed by atoms with E-state index in [0.29, 0.717) is 4.90 Å². The highest BCUT2D eigenvalue weighted by Crippen LogP contribution is 2.34. The van der Waals surface area contributed by atoms with Crippen molar-refractivity contribution in [1.82, 2.24) is 0 Å². The highest BCUT2D eigenvalue weighted by atomic mass is 32.2. The van der Waals surface area contributed by atoms with Crippen LogP contribution >= 0.6 is 11.8 Å². The summed E-state index contributed by atoms with van der Waals surface area (Å²) >= 11 is 1.18. The molecule has 0 saturated heterocycles. The lowest BCUT2D eigenvalue weighted by Gasteiger charge is -2.15. The Bertz CT molecular complexity index is 465. The van der Waals surface area contributed by atoms with Gasteiger partial charge in [-0.1, -0.05) is 6.92 Å². The molecule has 2 atom stereocenters. The number of benzene rings is 1. The molecule has 98 valence electrons. The number of hydrogen-bond acceptors (Lipinski definition) is 3. The zero-order chi connectivity index (χ0) is 13.9. The van der Waals surface area contributed by atoms with Crippen LogP contribution in [0.25, 0.3) is 0 Å². The predicted octanol–water partition coefficient (Wildman–Crippen LogP) is 3.44. The van der Waals surface area contributed by atoms with Gasteiger partial charge in [-0.3, -0.25) is 0 Å². The van der Waals surface area contributed by atoms with Crippen LogP contribution in [-0.2, 0) is 6.18 Å². The van der Waals surface area contributed by atoms with Gasteiger partial charge in [0.25, 0.3) is 0 Å². The van der Waals surface area contributed by atoms with Crippen LogP contribution in [0.2, 0.25) is 0 Å². The van der Waals surface area contributed by atoms with Crippen LogP contribution in [0.15, 0.2) is 23.1 Å². The third kappa shape index (κ3) is 3.65. The molecule has 0 aliphatic rings. The molecule has 2 nitrogen and oxygen atoms in total. The highest BCUT2D eigenvalue weighted by molar-refractivity contribution is 8.00. The van der Waals surface area contributed by atoms with E-state index in [9.17, 15) is 18.3 Å². The van der Waals surface area contributed by atoms with Gasteiger partial charge >= 0.3 is 6.18 Å². The van der Waals surface area contributed by atoms with Crippen LogP contribution in [0, 0.1) is 11.3 Å². The number of halogens is 3. The first-order chi connectivity index (χ1) is 8.25. The average molecular weight is 275 g/mol. The van der Waals surface area contributed by atoms with Gasteiger partial charge in [-0.05, 0) is 25.1 Å². The molecule has 0 fully saturated rings. The van der Waals surface area contributed by atoms with Crippen LogP contribution in [-0.4, -0.2) is 16.5 Å². The Labute approximate surface area is 107 Å². The van der Waals surface area contributed by atoms with Gasteiger partial charge < -0.3 is 5.11 Å². The first-order valence-corrected chi connectivity index (χ1v) is 6.09. The fourth-order valence-corrected chi connectivity index (χ4v) is 2.17. The summed E-state index contributed by atoms with van der Waals surface area (Å²) in [4.78, 5) is 0.443. The number of aliphatic hydroxyl groups is 1. The Balaban J connectivity index is 3.06. The lowest BCUT2D eigenvalue weighted by Crippen LogP contribution is -2.15. The smallest absolute Gasteiger partial charge is 0.392 e. The Morgan fingerprint density at radius 1 is 1.33 bits per heavy atom. The van der Waals surface area contributed by atoms with Crippen LogP contribution in [0.5, 0.6) is 0 Å². The zero-order valence-electron chi connectivity index (χ0n) is 9.82. The molecular formula is C12H12F3NOS. The van der Waals surface area contributed by atoms with Gasteiger partial charge in [-0.2, -0.15) is 18.4 Å². The molecule has 0 spiro atoms. The van der Waals surface area contributed by atoms with E-state index in [2.05, 4.69) is 0 Å². The SMILES string of the molecule is CC(O)C(C)Sc1ccc(C(F)(F)F)cc1C#N. The maximum Gasteiger partial charge on any atom is 0.416 e. The number of alkyl halides is 3. The second-order valence-electron chi connectivity index (χ2n) is 3.88. The summed E-state index contributed by atoms with van der Waals surface area (Å²) in [6, 6.07) is 4.79. The van der Waals surface area contributed by atoms with Gasteiger partial charge in [0.15, 0.2) is 0 Å². The predicted molar refractivity (Wildman–Crippen MR) is 63.2 cm³/mol. The van der Waals surface area contributed by atoms with Gasteiger partial charge in [-0.25, -0.2) is 0 Å². The largest absolute Gasteiger partial charge is 0.416 e. The number of aliphatic hydroxyl groups excluding tert-OH is 1. The lowest BCUT2D eigenvalue weighted by atomic mass is 10.1. The van der Waals surface area contributed by atoms with Crippen molar-refractivity contribution in [3.8, 4) is 6.07 Å². The van der Waals surface area contributed by atoms with E-state index in [1.807, 2.05) is 0 Å². The average Bonchev–Trinajstić information content (AvgIpc) is 2.27. The van der Waals surface area contributed by atoms with Crippen molar-refractivity contribution in [2.75, 3.05) is 0 Å². The van der Waals surface area contributed by atoms with Crippen LogP contribution in [0.3, 0.4) is 0 Å². The molecule has 0 amide bonds. The first kappa shape index (κ1) is 14.9. The standard InChI is InChI=1S/C12H12F3NOS/c1-7(17)8(2)18-11-4-3-10(12(13,14)15)5-9(11)6-16/h3-5,7-8,17H,1-2H3. The summed E-state index contributed by atoms with van der Waals surface area (Å²) in [6.07, 6.45) is -5.06. The van der Waals surface area contributed by atoms with Gasteiger partial charge in [0, 0.05) is 10.1 Å². The lowest BCUT2D eigenvalue weighted by molar-refractivity contribution is -0.137. The Kier molecular flexibility index (Phi) is 4.65. The maximum atomic E-state index is 12.5. The third-order valence-corrected chi connectivity index (χ3v) is 3.80. The molecule has 6 heteroatoms. The molecular weight excluding hydrogens is 263 g/mol. The van der Waals surface area contributed by atoms with E-state index < -0.39 is 17.8 Å². The van der Waals surface area contributed by atoms with E-state index >= 15 is 0 Å². The van der Waals surface area contributed by atoms with E-state index in [4.69, 9.17) is 5.26 Å². The summed E-state index contributed by atoms with van der Waals surface area (Å²) < 4.78 is 37.4. The molecule has 0 aliphatic carbocycles. The quantitative estimate of drug-likeness (QED) is 0.859. The van der Waals surface area contributed by atoms with E-state index in [-0.39, 0.29) is 10.8 Å². The first-order valence-electron chi connectivity index (χ1n) is 5.21. The Hall–Kier alpha value is -1.19. The molecule has 0 aliphatic heterocycles. The van der Waals surface area contributed by atoms with Gasteiger partial charge in [0.05, 0.1) is 17.2 Å². The maximum absolute atomic E-state index is 12.5. The molecule has 0 bridgehead atoms. The van der Waals surface area contributed by atoms with Crippen molar-refractivity contribution in [3.63, 3.8) is 0 Å². The third-order valence-electron chi connectivity index (χ3n) is 2.42. The molecule has 1 rings (SSSR count). The minimum atomic E-state index is -4.45. The fourth-order valence-electron chi connectivity index (χ4n) is 1.20. The number of hydrogen-bond donors (Lipinski definition) is 1. The van der Waals surface area contributed by atoms with Crippen molar-refractivity contribution in [2.45, 2.75) is 36.3 Å². The monoisotopic (exact) mass is 275 g/mol. The van der Waals surface area contributed by atoms with E-state index in [1.54, 1.807) is 19.9 Å². The minimum Gasteiger partial charge on any atom is -0.392 e. The van der Waals surface area contributed by atoms with Gasteiger partial charge in [0.1, 0.15) is 6.07 Å². The molecule has 2 unspecified atom stereocenters. The second kappa shape index (κ2) is 5.63. The molecule has 1 aromatic rings. The Morgan fingerprint density at radius 3 is 2.39 bits per heavy atom. The zero-order valence-corrected chi connectivity index (χ0v) is 10.6. The van der Waals surface area contributed by atoms with Gasteiger partial charge in [0.2, 0.25) is 0 Å². The minimum absolute atomic E-state index is 0.0256.